The summed E-state index contributed by atoms with van der Waals surface area (Å²) in [5, 5.41) is 2.57. The van der Waals surface area contributed by atoms with E-state index in [1.165, 1.54) is 18.3 Å². The highest BCUT2D eigenvalue weighted by Crippen LogP contribution is 2.33. The topological polar surface area (TPSA) is 63.8 Å². The van der Waals surface area contributed by atoms with Gasteiger partial charge in [-0.3, -0.25) is 0 Å². The molecule has 1 aromatic carbocycles. The largest absolute Gasteiger partial charge is 0.416 e. The smallest absolute Gasteiger partial charge is 0.384 e. The molecule has 4 nitrogen and oxygen atoms in total. The SMILES string of the molecule is Nc1ccnc(Nc2cc(Cl)cc(C(F)(F)F)c2)n1. The number of nitrogens with two attached hydrogens (primary N) is 1. The molecule has 0 unspecified atom stereocenters. The van der Waals surface area contributed by atoms with Crippen LogP contribution in [0.5, 0.6) is 0 Å². The lowest BCUT2D eigenvalue weighted by Gasteiger charge is -2.10. The number of nitrogens with one attached hydrogen (secondary N) is 1. The summed E-state index contributed by atoms with van der Waals surface area (Å²) >= 11 is 5.65. The van der Waals surface area contributed by atoms with Crippen LogP contribution in [-0.4, -0.2) is 9.97 Å². The molecule has 0 saturated carbocycles. The first kappa shape index (κ1) is 13.4. The van der Waals surface area contributed by atoms with Crippen LogP contribution in [0.3, 0.4) is 0 Å². The van der Waals surface area contributed by atoms with E-state index in [4.69, 9.17) is 17.3 Å². The second-order valence-electron chi connectivity index (χ2n) is 3.66. The fraction of sp³-hybridized carbons (Fsp3) is 0.0909. The normalized spacial score (nSPS) is 11.4. The summed E-state index contributed by atoms with van der Waals surface area (Å²) in [6.07, 6.45) is -3.09. The summed E-state index contributed by atoms with van der Waals surface area (Å²) in [6.45, 7) is 0. The Morgan fingerprint density at radius 1 is 1.21 bits per heavy atom. The average molecular weight is 289 g/mol. The van der Waals surface area contributed by atoms with Crippen LogP contribution in [0.25, 0.3) is 0 Å². The van der Waals surface area contributed by atoms with Gasteiger partial charge in [0.05, 0.1) is 5.56 Å². The minimum absolute atomic E-state index is 0.0405. The van der Waals surface area contributed by atoms with E-state index in [1.807, 2.05) is 0 Å². The quantitative estimate of drug-likeness (QED) is 0.888. The fourth-order valence-corrected chi connectivity index (χ4v) is 1.62. The van der Waals surface area contributed by atoms with Crippen molar-refractivity contribution in [2.45, 2.75) is 6.18 Å². The second-order valence-corrected chi connectivity index (χ2v) is 4.09. The maximum Gasteiger partial charge on any atom is 0.416 e. The van der Waals surface area contributed by atoms with Crippen molar-refractivity contribution in [3.63, 3.8) is 0 Å². The van der Waals surface area contributed by atoms with Crippen LogP contribution in [0.2, 0.25) is 5.02 Å². The molecule has 0 radical (unpaired) electrons. The van der Waals surface area contributed by atoms with Crippen molar-refractivity contribution < 1.29 is 13.2 Å². The maximum atomic E-state index is 12.6. The van der Waals surface area contributed by atoms with Crippen molar-refractivity contribution in [3.05, 3.63) is 41.0 Å². The first-order valence-corrected chi connectivity index (χ1v) is 5.46. The van der Waals surface area contributed by atoms with Gasteiger partial charge in [-0.15, -0.1) is 0 Å². The third-order valence-electron chi connectivity index (χ3n) is 2.16. The van der Waals surface area contributed by atoms with Gasteiger partial charge >= 0.3 is 6.18 Å². The molecule has 2 rings (SSSR count). The van der Waals surface area contributed by atoms with Gasteiger partial charge in [0.2, 0.25) is 5.95 Å². The summed E-state index contributed by atoms with van der Waals surface area (Å²) in [4.78, 5) is 7.65. The third-order valence-corrected chi connectivity index (χ3v) is 2.38. The number of benzene rings is 1. The van der Waals surface area contributed by atoms with Crippen LogP contribution < -0.4 is 11.1 Å². The first-order chi connectivity index (χ1) is 8.84. The number of hydrogen-bond donors (Lipinski definition) is 2. The van der Waals surface area contributed by atoms with Gasteiger partial charge in [-0.2, -0.15) is 18.2 Å². The Balaban J connectivity index is 2.33. The van der Waals surface area contributed by atoms with Crippen molar-refractivity contribution >= 4 is 29.1 Å². The van der Waals surface area contributed by atoms with Crippen molar-refractivity contribution in [1.82, 2.24) is 9.97 Å². The van der Waals surface area contributed by atoms with Gasteiger partial charge < -0.3 is 11.1 Å². The summed E-state index contributed by atoms with van der Waals surface area (Å²) in [6, 6.07) is 4.55. The Morgan fingerprint density at radius 2 is 1.95 bits per heavy atom. The number of nitrogen functional groups attached to an aromatic ring is 1. The molecule has 19 heavy (non-hydrogen) atoms. The summed E-state index contributed by atoms with van der Waals surface area (Å²) in [5.41, 5.74) is 4.72. The van der Waals surface area contributed by atoms with Gasteiger partial charge in [0.15, 0.2) is 0 Å². The number of aromatic nitrogens is 2. The lowest BCUT2D eigenvalue weighted by atomic mass is 10.2. The molecule has 8 heteroatoms. The Kier molecular flexibility index (Phi) is 3.48. The standard InChI is InChI=1S/C11H8ClF3N4/c12-7-3-6(11(13,14)15)4-8(5-7)18-10-17-2-1-9(16)19-10/h1-5H,(H3,16,17,18,19). The fourth-order valence-electron chi connectivity index (χ4n) is 1.39. The molecule has 0 amide bonds. The van der Waals surface area contributed by atoms with Crippen LogP contribution in [0.15, 0.2) is 30.5 Å². The van der Waals surface area contributed by atoms with E-state index in [1.54, 1.807) is 0 Å². The molecule has 0 saturated heterocycles. The van der Waals surface area contributed by atoms with E-state index < -0.39 is 11.7 Å². The molecule has 0 atom stereocenters. The number of rotatable bonds is 2. The molecule has 3 N–H and O–H groups in total. The van der Waals surface area contributed by atoms with E-state index >= 15 is 0 Å². The first-order valence-electron chi connectivity index (χ1n) is 5.08. The van der Waals surface area contributed by atoms with E-state index in [9.17, 15) is 13.2 Å². The lowest BCUT2D eigenvalue weighted by Crippen LogP contribution is -2.06. The van der Waals surface area contributed by atoms with Crippen LogP contribution in [0, 0.1) is 0 Å². The van der Waals surface area contributed by atoms with Crippen molar-refractivity contribution in [3.8, 4) is 0 Å². The highest BCUT2D eigenvalue weighted by molar-refractivity contribution is 6.31. The number of hydrogen-bond acceptors (Lipinski definition) is 4. The molecule has 0 aliphatic carbocycles. The van der Waals surface area contributed by atoms with E-state index in [2.05, 4.69) is 15.3 Å². The number of nitrogens with zero attached hydrogens (tertiary/aromatic N) is 2. The predicted molar refractivity (Wildman–Crippen MR) is 66.2 cm³/mol. The molecule has 0 bridgehead atoms. The minimum Gasteiger partial charge on any atom is -0.384 e. The van der Waals surface area contributed by atoms with Gasteiger partial charge in [0.1, 0.15) is 5.82 Å². The number of halogens is 4. The Morgan fingerprint density at radius 3 is 2.58 bits per heavy atom. The van der Waals surface area contributed by atoms with Gasteiger partial charge in [0, 0.05) is 16.9 Å². The zero-order chi connectivity index (χ0) is 14.0. The molecule has 0 fully saturated rings. The molecular weight excluding hydrogens is 281 g/mol. The molecule has 0 aliphatic heterocycles. The molecular formula is C11H8ClF3N4. The Labute approximate surface area is 111 Å². The molecule has 1 heterocycles. The van der Waals surface area contributed by atoms with Gasteiger partial charge in [0.25, 0.3) is 0 Å². The Bertz CT molecular complexity index is 601. The van der Waals surface area contributed by atoms with Gasteiger partial charge in [-0.05, 0) is 24.3 Å². The van der Waals surface area contributed by atoms with Crippen molar-refractivity contribution in [2.75, 3.05) is 11.1 Å². The molecule has 0 aliphatic rings. The minimum atomic E-state index is -4.47. The summed E-state index contributed by atoms with van der Waals surface area (Å²) in [7, 11) is 0. The highest BCUT2D eigenvalue weighted by Gasteiger charge is 2.31. The van der Waals surface area contributed by atoms with E-state index in [-0.39, 0.29) is 22.5 Å². The lowest BCUT2D eigenvalue weighted by molar-refractivity contribution is -0.137. The van der Waals surface area contributed by atoms with Crippen LogP contribution in [0.4, 0.5) is 30.6 Å². The monoisotopic (exact) mass is 288 g/mol. The molecule has 100 valence electrons. The van der Waals surface area contributed by atoms with Gasteiger partial charge in [-0.25, -0.2) is 4.98 Å². The predicted octanol–water partition coefficient (Wildman–Crippen LogP) is 3.47. The zero-order valence-corrected chi connectivity index (χ0v) is 10.1. The molecule has 2 aromatic rings. The van der Waals surface area contributed by atoms with E-state index in [0.717, 1.165) is 12.1 Å². The Hall–Kier alpha value is -2.02. The summed E-state index contributed by atoms with van der Waals surface area (Å²) in [5.74, 6) is 0.297. The third kappa shape index (κ3) is 3.47. The molecule has 0 spiro atoms. The second kappa shape index (κ2) is 4.93. The van der Waals surface area contributed by atoms with Crippen molar-refractivity contribution in [1.29, 1.82) is 0 Å². The molecule has 1 aromatic heterocycles. The van der Waals surface area contributed by atoms with E-state index in [0.29, 0.717) is 0 Å². The van der Waals surface area contributed by atoms with Gasteiger partial charge in [-0.1, -0.05) is 11.6 Å². The van der Waals surface area contributed by atoms with Crippen LogP contribution in [-0.2, 0) is 6.18 Å². The maximum absolute atomic E-state index is 12.6. The summed E-state index contributed by atoms with van der Waals surface area (Å²) < 4.78 is 37.8. The zero-order valence-electron chi connectivity index (χ0n) is 9.37. The highest BCUT2D eigenvalue weighted by atomic mass is 35.5. The number of anilines is 3. The van der Waals surface area contributed by atoms with Crippen LogP contribution >= 0.6 is 11.6 Å². The average Bonchev–Trinajstić information content (AvgIpc) is 2.26. The number of alkyl halides is 3. The van der Waals surface area contributed by atoms with Crippen molar-refractivity contribution in [2.24, 2.45) is 0 Å². The van der Waals surface area contributed by atoms with Crippen LogP contribution in [0.1, 0.15) is 5.56 Å².